The van der Waals surface area contributed by atoms with E-state index in [2.05, 4.69) is 4.99 Å². The second-order valence-corrected chi connectivity index (χ2v) is 7.87. The van der Waals surface area contributed by atoms with Gasteiger partial charge in [-0.3, -0.25) is 9.59 Å². The highest BCUT2D eigenvalue weighted by atomic mass is 32.1. The molecule has 0 N–H and O–H groups in total. The van der Waals surface area contributed by atoms with E-state index in [0.29, 0.717) is 10.4 Å². The third-order valence-corrected chi connectivity index (χ3v) is 5.81. The molecule has 0 bridgehead atoms. The van der Waals surface area contributed by atoms with E-state index in [9.17, 15) is 14.0 Å². The topological polar surface area (TPSA) is 54.7 Å². The molecule has 1 aliphatic heterocycles. The highest BCUT2D eigenvalue weighted by Gasteiger charge is 2.28. The molecule has 0 saturated carbocycles. The highest BCUT2D eigenvalue weighted by Crippen LogP contribution is 2.33. The van der Waals surface area contributed by atoms with E-state index in [1.165, 1.54) is 24.3 Å². The third-order valence-electron chi connectivity index (χ3n) is 5.02. The second-order valence-electron chi connectivity index (χ2n) is 7.00. The van der Waals surface area contributed by atoms with Crippen LogP contribution in [0.15, 0.2) is 71.3 Å². The SMILES string of the molecule is CC(=O)N1C=Cc2ccccc2C1CC(=O)N=c1sccn1Cc1ccccc1F. The summed E-state index contributed by atoms with van der Waals surface area (Å²) in [4.78, 5) is 31.2. The number of aromatic nitrogens is 1. The zero-order chi connectivity index (χ0) is 21.1. The number of nitrogens with zero attached hydrogens (tertiary/aromatic N) is 3. The molecule has 1 aliphatic rings. The number of halogens is 1. The lowest BCUT2D eigenvalue weighted by Gasteiger charge is -2.31. The molecule has 2 heterocycles. The van der Waals surface area contributed by atoms with E-state index >= 15 is 0 Å². The van der Waals surface area contributed by atoms with Crippen LogP contribution >= 0.6 is 11.3 Å². The van der Waals surface area contributed by atoms with Gasteiger partial charge in [-0.05, 0) is 23.3 Å². The molecule has 1 atom stereocenters. The van der Waals surface area contributed by atoms with Crippen LogP contribution in [0.25, 0.3) is 6.08 Å². The number of benzene rings is 2. The quantitative estimate of drug-likeness (QED) is 0.636. The molecule has 1 unspecified atom stereocenters. The first-order chi connectivity index (χ1) is 14.5. The van der Waals surface area contributed by atoms with Crippen molar-refractivity contribution in [2.45, 2.75) is 25.9 Å². The summed E-state index contributed by atoms with van der Waals surface area (Å²) in [5.41, 5.74) is 2.43. The lowest BCUT2D eigenvalue weighted by Crippen LogP contribution is -2.32. The maximum atomic E-state index is 14.0. The standard InChI is InChI=1S/C23H20FN3O2S/c1-16(28)27-11-10-17-6-2-4-8-19(17)21(27)14-22(29)25-23-26(12-13-30-23)15-18-7-3-5-9-20(18)24/h2-13,21H,14-15H2,1H3. The van der Waals surface area contributed by atoms with Gasteiger partial charge in [-0.15, -0.1) is 11.3 Å². The minimum Gasteiger partial charge on any atom is -0.319 e. The Morgan fingerprint density at radius 3 is 2.70 bits per heavy atom. The summed E-state index contributed by atoms with van der Waals surface area (Å²) in [7, 11) is 0. The van der Waals surface area contributed by atoms with E-state index in [4.69, 9.17) is 0 Å². The second kappa shape index (κ2) is 8.59. The van der Waals surface area contributed by atoms with Crippen LogP contribution < -0.4 is 4.80 Å². The number of amides is 2. The number of fused-ring (bicyclic) bond motifs is 1. The highest BCUT2D eigenvalue weighted by molar-refractivity contribution is 7.07. The fourth-order valence-electron chi connectivity index (χ4n) is 3.55. The Morgan fingerprint density at radius 2 is 1.90 bits per heavy atom. The average molecular weight is 421 g/mol. The molecular formula is C23H20FN3O2S. The first-order valence-corrected chi connectivity index (χ1v) is 10.4. The van der Waals surface area contributed by atoms with Gasteiger partial charge in [-0.1, -0.05) is 42.5 Å². The number of carbonyl (C=O) groups excluding carboxylic acids is 2. The van der Waals surface area contributed by atoms with Crippen LogP contribution in [0.2, 0.25) is 0 Å². The summed E-state index contributed by atoms with van der Waals surface area (Å²) >= 11 is 1.32. The first-order valence-electron chi connectivity index (χ1n) is 9.54. The lowest BCUT2D eigenvalue weighted by molar-refractivity contribution is -0.129. The Hall–Kier alpha value is -3.32. The molecule has 0 aliphatic carbocycles. The molecule has 7 heteroatoms. The van der Waals surface area contributed by atoms with Crippen molar-refractivity contribution in [2.75, 3.05) is 0 Å². The molecule has 5 nitrogen and oxygen atoms in total. The largest absolute Gasteiger partial charge is 0.319 e. The molecule has 152 valence electrons. The Bertz CT molecular complexity index is 1190. The van der Waals surface area contributed by atoms with Crippen molar-refractivity contribution in [3.05, 3.63) is 93.6 Å². The number of thiazole rings is 1. The van der Waals surface area contributed by atoms with Crippen LogP contribution in [0.1, 0.15) is 36.1 Å². The van der Waals surface area contributed by atoms with Crippen LogP contribution in [0, 0.1) is 5.82 Å². The van der Waals surface area contributed by atoms with Gasteiger partial charge < -0.3 is 9.47 Å². The van der Waals surface area contributed by atoms with Gasteiger partial charge in [0.1, 0.15) is 5.82 Å². The van der Waals surface area contributed by atoms with Gasteiger partial charge in [0.25, 0.3) is 5.91 Å². The normalized spacial score (nSPS) is 15.9. The molecule has 0 saturated heterocycles. The first kappa shape index (κ1) is 20.0. The van der Waals surface area contributed by atoms with Crippen molar-refractivity contribution < 1.29 is 14.0 Å². The monoisotopic (exact) mass is 421 g/mol. The van der Waals surface area contributed by atoms with Crippen LogP contribution in [0.3, 0.4) is 0 Å². The minimum absolute atomic E-state index is 0.0680. The van der Waals surface area contributed by atoms with Gasteiger partial charge >= 0.3 is 0 Å². The third kappa shape index (κ3) is 4.16. The number of carbonyl (C=O) groups is 2. The summed E-state index contributed by atoms with van der Waals surface area (Å²) in [6.45, 7) is 1.77. The number of hydrogen-bond acceptors (Lipinski definition) is 3. The smallest absolute Gasteiger partial charge is 0.250 e. The van der Waals surface area contributed by atoms with Crippen molar-refractivity contribution in [1.82, 2.24) is 9.47 Å². The van der Waals surface area contributed by atoms with Gasteiger partial charge in [-0.2, -0.15) is 4.99 Å². The summed E-state index contributed by atoms with van der Waals surface area (Å²) in [5.74, 6) is -0.762. The predicted molar refractivity (Wildman–Crippen MR) is 114 cm³/mol. The predicted octanol–water partition coefficient (Wildman–Crippen LogP) is 4.13. The molecule has 0 radical (unpaired) electrons. The van der Waals surface area contributed by atoms with E-state index < -0.39 is 6.04 Å². The number of hydrogen-bond donors (Lipinski definition) is 0. The fraction of sp³-hybridized carbons (Fsp3) is 0.174. The van der Waals surface area contributed by atoms with Gasteiger partial charge in [-0.25, -0.2) is 4.39 Å². The van der Waals surface area contributed by atoms with Crippen molar-refractivity contribution in [2.24, 2.45) is 4.99 Å². The van der Waals surface area contributed by atoms with Crippen molar-refractivity contribution in [3.8, 4) is 0 Å². The lowest BCUT2D eigenvalue weighted by atomic mass is 9.93. The van der Waals surface area contributed by atoms with Gasteiger partial charge in [0.2, 0.25) is 5.91 Å². The molecule has 4 rings (SSSR count). The van der Waals surface area contributed by atoms with Crippen molar-refractivity contribution in [1.29, 1.82) is 0 Å². The Kier molecular flexibility index (Phi) is 5.72. The van der Waals surface area contributed by atoms with Gasteiger partial charge in [0, 0.05) is 30.3 Å². The van der Waals surface area contributed by atoms with E-state index in [1.807, 2.05) is 35.7 Å². The molecule has 2 aromatic carbocycles. The molecule has 1 aromatic heterocycles. The Morgan fingerprint density at radius 1 is 1.13 bits per heavy atom. The van der Waals surface area contributed by atoms with Gasteiger partial charge in [0.15, 0.2) is 4.80 Å². The number of rotatable bonds is 4. The summed E-state index contributed by atoms with van der Waals surface area (Å²) in [6, 6.07) is 13.8. The average Bonchev–Trinajstić information content (AvgIpc) is 3.16. The maximum absolute atomic E-state index is 14.0. The van der Waals surface area contributed by atoms with E-state index in [-0.39, 0.29) is 30.6 Å². The minimum atomic E-state index is -0.403. The van der Waals surface area contributed by atoms with Crippen molar-refractivity contribution >= 4 is 29.2 Å². The molecule has 3 aromatic rings. The molecule has 0 spiro atoms. The summed E-state index contributed by atoms with van der Waals surface area (Å²) in [5, 5.41) is 1.81. The van der Waals surface area contributed by atoms with Crippen LogP contribution in [0.4, 0.5) is 4.39 Å². The zero-order valence-corrected chi connectivity index (χ0v) is 17.2. The molecular weight excluding hydrogens is 401 g/mol. The van der Waals surface area contributed by atoms with Crippen molar-refractivity contribution in [3.63, 3.8) is 0 Å². The zero-order valence-electron chi connectivity index (χ0n) is 16.4. The van der Waals surface area contributed by atoms with Crippen LogP contribution in [0.5, 0.6) is 0 Å². The van der Waals surface area contributed by atoms with E-state index in [0.717, 1.165) is 11.1 Å². The van der Waals surface area contributed by atoms with Crippen LogP contribution in [-0.4, -0.2) is 21.3 Å². The molecule has 2 amide bonds. The summed E-state index contributed by atoms with van der Waals surface area (Å²) < 4.78 is 15.7. The Balaban J connectivity index is 1.60. The maximum Gasteiger partial charge on any atom is 0.250 e. The van der Waals surface area contributed by atoms with E-state index in [1.54, 1.807) is 40.1 Å². The molecule has 0 fully saturated rings. The van der Waals surface area contributed by atoms with Gasteiger partial charge in [0.05, 0.1) is 19.0 Å². The summed E-state index contributed by atoms with van der Waals surface area (Å²) in [6.07, 6.45) is 5.44. The molecule has 30 heavy (non-hydrogen) atoms. The fourth-order valence-corrected chi connectivity index (χ4v) is 4.29. The van der Waals surface area contributed by atoms with Crippen LogP contribution in [-0.2, 0) is 16.1 Å². The Labute approximate surface area is 177 Å².